The second kappa shape index (κ2) is 4.48. The fourth-order valence-corrected chi connectivity index (χ4v) is 1.16. The Morgan fingerprint density at radius 3 is 2.89 bits per heavy atom. The molecule has 1 amide bonds. The van der Waals surface area contributed by atoms with Crippen LogP contribution < -0.4 is 5.56 Å². The molecule has 98 valence electrons. The summed E-state index contributed by atoms with van der Waals surface area (Å²) in [6.07, 6.45) is -2.20. The molecule has 1 N–H and O–H groups in total. The number of H-pyrrole nitrogens is 1. The molecule has 0 radical (unpaired) electrons. The minimum absolute atomic E-state index is 0.0891. The van der Waals surface area contributed by atoms with Crippen molar-refractivity contribution in [2.24, 2.45) is 0 Å². The molecular formula is C13H18N2O3. The molecule has 2 rings (SSSR count). The number of likely N-dealkylation sites (tertiary alicyclic amines) is 1. The van der Waals surface area contributed by atoms with E-state index in [0.29, 0.717) is 0 Å². The molecule has 0 unspecified atom stereocenters. The highest BCUT2D eigenvalue weighted by atomic mass is 16.6. The molecule has 1 fully saturated rings. The minimum Gasteiger partial charge on any atom is -0.444 e. The molecule has 0 saturated carbocycles. The maximum Gasteiger partial charge on any atom is 0.410 e. The van der Waals surface area contributed by atoms with Crippen LogP contribution in [0.15, 0.2) is 23.1 Å². The molecule has 0 aromatic carbocycles. The summed E-state index contributed by atoms with van der Waals surface area (Å²) >= 11 is 0. The molecule has 1 aliphatic heterocycles. The lowest BCUT2D eigenvalue weighted by atomic mass is 9.93. The summed E-state index contributed by atoms with van der Waals surface area (Å²) < 4.78 is 68.7. The molecule has 1 aliphatic rings. The van der Waals surface area contributed by atoms with Gasteiger partial charge in [0.1, 0.15) is 5.60 Å². The van der Waals surface area contributed by atoms with Crippen LogP contribution >= 0.6 is 0 Å². The Kier molecular flexibility index (Phi) is 1.47. The van der Waals surface area contributed by atoms with Gasteiger partial charge in [0.2, 0.25) is 5.56 Å². The van der Waals surface area contributed by atoms with Gasteiger partial charge in [0, 0.05) is 32.5 Å². The first-order valence-electron chi connectivity index (χ1n) is 9.24. The average molecular weight is 258 g/mol. The maximum absolute atomic E-state index is 12.2. The number of carbonyl (C=O) groups is 1. The van der Waals surface area contributed by atoms with E-state index in [4.69, 9.17) is 15.7 Å². The lowest BCUT2D eigenvalue weighted by Gasteiger charge is -2.39. The van der Waals surface area contributed by atoms with Crippen LogP contribution in [0, 0.1) is 0 Å². The number of amides is 1. The number of nitrogens with one attached hydrogen (secondary N) is 1. The third kappa shape index (κ3) is 2.91. The van der Waals surface area contributed by atoms with Gasteiger partial charge in [-0.2, -0.15) is 0 Å². The zero-order chi connectivity index (χ0) is 20.5. The normalized spacial score (nSPS) is 30.1. The highest BCUT2D eigenvalue weighted by Crippen LogP contribution is 2.27. The summed E-state index contributed by atoms with van der Waals surface area (Å²) in [6, 6.07) is -1.87. The van der Waals surface area contributed by atoms with Crippen molar-refractivity contribution < 1.29 is 20.5 Å². The molecule has 18 heavy (non-hydrogen) atoms. The number of rotatable bonds is 1. The molecule has 0 spiro atoms. The van der Waals surface area contributed by atoms with E-state index < -0.39 is 60.0 Å². The Labute approximate surface area is 117 Å². The van der Waals surface area contributed by atoms with E-state index in [1.54, 1.807) is 0 Å². The summed E-state index contributed by atoms with van der Waals surface area (Å²) in [7, 11) is 0. The van der Waals surface area contributed by atoms with Crippen LogP contribution in [-0.4, -0.2) is 34.6 Å². The van der Waals surface area contributed by atoms with Crippen molar-refractivity contribution in [1.82, 2.24) is 9.88 Å². The van der Waals surface area contributed by atoms with E-state index in [-0.39, 0.29) is 4.90 Å². The van der Waals surface area contributed by atoms with E-state index in [9.17, 15) is 9.59 Å². The van der Waals surface area contributed by atoms with Crippen molar-refractivity contribution >= 4 is 6.09 Å². The molecule has 1 aromatic rings. The molecule has 5 nitrogen and oxygen atoms in total. The molecule has 1 saturated heterocycles. The summed E-state index contributed by atoms with van der Waals surface area (Å²) in [5, 5.41) is 0. The van der Waals surface area contributed by atoms with E-state index in [1.807, 2.05) is 4.98 Å². The van der Waals surface area contributed by atoms with E-state index >= 15 is 0 Å². The Morgan fingerprint density at radius 2 is 2.28 bits per heavy atom. The van der Waals surface area contributed by atoms with Crippen molar-refractivity contribution in [1.29, 1.82) is 0 Å². The van der Waals surface area contributed by atoms with Gasteiger partial charge >= 0.3 is 6.09 Å². The van der Waals surface area contributed by atoms with Gasteiger partial charge in [-0.1, -0.05) is 6.04 Å². The molecule has 0 atom stereocenters. The standard InChI is InChI=1S/C13H18N2O3/c1-13(2,3)18-12(17)15-7-10(8-15)9-4-5-11(16)14-6-9/h4-6,10H,7-8H2,1-3H3,(H,14,16)/i4D,5D,6D,7D2,8D2,10D. The van der Waals surface area contributed by atoms with Gasteiger partial charge in [-0.25, -0.2) is 4.79 Å². The molecule has 2 heterocycles. The van der Waals surface area contributed by atoms with Gasteiger partial charge < -0.3 is 14.6 Å². The minimum atomic E-state index is -3.00. The lowest BCUT2D eigenvalue weighted by Crippen LogP contribution is -2.50. The SMILES string of the molecule is [2H]c1[nH]c(=O)c([2H])c([2H])c1C1([2H])C([2H])([2H])N(C(=O)OC(C)(C)C)C1([2H])[2H]. The van der Waals surface area contributed by atoms with Crippen LogP contribution in [0.1, 0.15) is 43.2 Å². The summed E-state index contributed by atoms with van der Waals surface area (Å²) in [5.41, 5.74) is -2.95. The van der Waals surface area contributed by atoms with Crippen LogP contribution in [0.5, 0.6) is 0 Å². The Morgan fingerprint density at radius 1 is 1.61 bits per heavy atom. The van der Waals surface area contributed by atoms with Gasteiger partial charge in [-0.15, -0.1) is 0 Å². The first kappa shape index (κ1) is 5.91. The average Bonchev–Trinajstić information content (AvgIpc) is 2.41. The topological polar surface area (TPSA) is 62.4 Å². The number of nitrogens with zero attached hydrogens (tertiary/aromatic N) is 1. The van der Waals surface area contributed by atoms with Crippen molar-refractivity contribution in [3.8, 4) is 0 Å². The molecule has 1 aromatic heterocycles. The molecule has 5 heteroatoms. The van der Waals surface area contributed by atoms with E-state index in [1.165, 1.54) is 20.8 Å². The van der Waals surface area contributed by atoms with Crippen LogP contribution in [0.2, 0.25) is 0 Å². The van der Waals surface area contributed by atoms with Crippen LogP contribution in [0.3, 0.4) is 0 Å². The first-order chi connectivity index (χ1) is 11.5. The van der Waals surface area contributed by atoms with Crippen LogP contribution in [0.4, 0.5) is 4.79 Å². The van der Waals surface area contributed by atoms with Crippen LogP contribution in [0.25, 0.3) is 0 Å². The molecular weight excluding hydrogens is 232 g/mol. The summed E-state index contributed by atoms with van der Waals surface area (Å²) in [6.45, 7) is -1.50. The van der Waals surface area contributed by atoms with Crippen molar-refractivity contribution in [3.63, 3.8) is 0 Å². The lowest BCUT2D eigenvalue weighted by molar-refractivity contribution is 0.00817. The van der Waals surface area contributed by atoms with Gasteiger partial charge in [0.15, 0.2) is 0 Å². The Bertz CT molecular complexity index is 814. The molecule has 0 bridgehead atoms. The molecule has 0 aliphatic carbocycles. The number of hydrogen-bond acceptors (Lipinski definition) is 3. The van der Waals surface area contributed by atoms with Crippen LogP contribution in [-0.2, 0) is 4.74 Å². The smallest absolute Gasteiger partial charge is 0.410 e. The summed E-state index contributed by atoms with van der Waals surface area (Å²) in [4.78, 5) is 25.7. The highest BCUT2D eigenvalue weighted by Gasteiger charge is 2.34. The van der Waals surface area contributed by atoms with E-state index in [2.05, 4.69) is 0 Å². The second-order valence-electron chi connectivity index (χ2n) is 4.62. The largest absolute Gasteiger partial charge is 0.444 e. The highest BCUT2D eigenvalue weighted by molar-refractivity contribution is 5.69. The number of hydrogen-bond donors (Lipinski definition) is 1. The quantitative estimate of drug-likeness (QED) is 0.834. The third-order valence-electron chi connectivity index (χ3n) is 1.88. The number of ether oxygens (including phenoxy) is 1. The maximum atomic E-state index is 12.2. The second-order valence-corrected chi connectivity index (χ2v) is 4.62. The number of aromatic amines is 1. The zero-order valence-corrected chi connectivity index (χ0v) is 10.2. The summed E-state index contributed by atoms with van der Waals surface area (Å²) in [5.74, 6) is -2.93. The van der Waals surface area contributed by atoms with Crippen molar-refractivity contribution in [2.45, 2.75) is 32.3 Å². The van der Waals surface area contributed by atoms with Gasteiger partial charge in [0.25, 0.3) is 0 Å². The zero-order valence-electron chi connectivity index (χ0n) is 18.2. The number of aromatic nitrogens is 1. The van der Waals surface area contributed by atoms with Gasteiger partial charge in [-0.05, 0) is 26.3 Å². The first-order valence-corrected chi connectivity index (χ1v) is 5.24. The fourth-order valence-electron chi connectivity index (χ4n) is 1.16. The predicted octanol–water partition coefficient (Wildman–Crippen LogP) is 1.71. The predicted molar refractivity (Wildman–Crippen MR) is 67.6 cm³/mol. The third-order valence-corrected chi connectivity index (χ3v) is 1.88. The number of pyridine rings is 1. The Balaban J connectivity index is 2.64. The fraction of sp³-hybridized carbons (Fsp3) is 0.538. The number of carbonyl (C=O) groups excluding carboxylic acids is 1. The Hall–Kier alpha value is -1.78. The monoisotopic (exact) mass is 258 g/mol. The van der Waals surface area contributed by atoms with E-state index in [0.717, 1.165) is 0 Å². The van der Waals surface area contributed by atoms with Gasteiger partial charge in [-0.3, -0.25) is 4.79 Å². The van der Waals surface area contributed by atoms with Crippen molar-refractivity contribution in [2.75, 3.05) is 13.0 Å². The van der Waals surface area contributed by atoms with Crippen molar-refractivity contribution in [3.05, 3.63) is 34.2 Å². The van der Waals surface area contributed by atoms with Gasteiger partial charge in [0.05, 0.1) is 9.60 Å².